The van der Waals surface area contributed by atoms with Crippen LogP contribution in [0.15, 0.2) is 28.8 Å². The predicted octanol–water partition coefficient (Wildman–Crippen LogP) is 3.20. The van der Waals surface area contributed by atoms with Crippen molar-refractivity contribution < 1.29 is 18.7 Å². The molecule has 0 N–H and O–H groups in total. The SMILES string of the molecule is COc1c2cccnc2c(OC)c2oc(C(C)=O)cc12. The minimum absolute atomic E-state index is 0.151. The highest BCUT2D eigenvalue weighted by atomic mass is 16.5. The van der Waals surface area contributed by atoms with Crippen LogP contribution in [0.2, 0.25) is 0 Å². The molecule has 1 aromatic carbocycles. The highest BCUT2D eigenvalue weighted by Crippen LogP contribution is 2.42. The number of furan rings is 1. The van der Waals surface area contributed by atoms with Crippen LogP contribution in [0.1, 0.15) is 17.5 Å². The molecule has 2 aromatic heterocycles. The van der Waals surface area contributed by atoms with Crippen molar-refractivity contribution in [3.63, 3.8) is 0 Å². The van der Waals surface area contributed by atoms with Crippen molar-refractivity contribution in [3.8, 4) is 11.5 Å². The fourth-order valence-corrected chi connectivity index (χ4v) is 2.33. The van der Waals surface area contributed by atoms with E-state index in [-0.39, 0.29) is 11.5 Å². The smallest absolute Gasteiger partial charge is 0.194 e. The van der Waals surface area contributed by atoms with E-state index in [2.05, 4.69) is 4.98 Å². The molecular formula is C15H13NO4. The van der Waals surface area contributed by atoms with Crippen LogP contribution < -0.4 is 9.47 Å². The fourth-order valence-electron chi connectivity index (χ4n) is 2.33. The van der Waals surface area contributed by atoms with Gasteiger partial charge in [-0.3, -0.25) is 9.78 Å². The summed E-state index contributed by atoms with van der Waals surface area (Å²) in [4.78, 5) is 15.8. The Bertz CT molecular complexity index is 759. The zero-order valence-corrected chi connectivity index (χ0v) is 11.4. The van der Waals surface area contributed by atoms with Crippen molar-refractivity contribution >= 4 is 27.7 Å². The van der Waals surface area contributed by atoms with E-state index >= 15 is 0 Å². The molecule has 0 saturated carbocycles. The number of nitrogens with zero attached hydrogens (tertiary/aromatic N) is 1. The maximum Gasteiger partial charge on any atom is 0.194 e. The summed E-state index contributed by atoms with van der Waals surface area (Å²) in [6.07, 6.45) is 1.67. The van der Waals surface area contributed by atoms with Crippen LogP contribution in [0.5, 0.6) is 11.5 Å². The van der Waals surface area contributed by atoms with Gasteiger partial charge in [0.15, 0.2) is 22.9 Å². The lowest BCUT2D eigenvalue weighted by Crippen LogP contribution is -1.92. The molecule has 102 valence electrons. The largest absolute Gasteiger partial charge is 0.495 e. The zero-order valence-electron chi connectivity index (χ0n) is 11.4. The average Bonchev–Trinajstić information content (AvgIpc) is 2.89. The molecule has 0 atom stereocenters. The fraction of sp³-hybridized carbons (Fsp3) is 0.200. The lowest BCUT2D eigenvalue weighted by molar-refractivity contribution is 0.0989. The molecule has 0 fully saturated rings. The van der Waals surface area contributed by atoms with Crippen molar-refractivity contribution in [3.05, 3.63) is 30.2 Å². The summed E-state index contributed by atoms with van der Waals surface area (Å²) in [5.74, 6) is 1.25. The summed E-state index contributed by atoms with van der Waals surface area (Å²) in [6.45, 7) is 1.45. The van der Waals surface area contributed by atoms with Gasteiger partial charge in [-0.15, -0.1) is 0 Å². The number of pyridine rings is 1. The van der Waals surface area contributed by atoms with E-state index in [0.29, 0.717) is 28.0 Å². The maximum atomic E-state index is 11.5. The zero-order chi connectivity index (χ0) is 14.3. The Kier molecular flexibility index (Phi) is 2.82. The normalized spacial score (nSPS) is 10.9. The molecule has 3 rings (SSSR count). The number of ether oxygens (including phenoxy) is 2. The lowest BCUT2D eigenvalue weighted by atomic mass is 10.1. The highest BCUT2D eigenvalue weighted by Gasteiger charge is 2.21. The molecule has 20 heavy (non-hydrogen) atoms. The van der Waals surface area contributed by atoms with Gasteiger partial charge in [0.2, 0.25) is 0 Å². The summed E-state index contributed by atoms with van der Waals surface area (Å²) >= 11 is 0. The van der Waals surface area contributed by atoms with E-state index < -0.39 is 0 Å². The molecule has 5 heteroatoms. The van der Waals surface area contributed by atoms with Gasteiger partial charge in [-0.25, -0.2) is 0 Å². The Labute approximate surface area is 115 Å². The van der Waals surface area contributed by atoms with Gasteiger partial charge >= 0.3 is 0 Å². The maximum absolute atomic E-state index is 11.5. The quantitative estimate of drug-likeness (QED) is 0.684. The van der Waals surface area contributed by atoms with Crippen LogP contribution in [0.25, 0.3) is 21.9 Å². The molecular weight excluding hydrogens is 258 g/mol. The summed E-state index contributed by atoms with van der Waals surface area (Å²) in [6, 6.07) is 5.39. The molecule has 5 nitrogen and oxygen atoms in total. The minimum atomic E-state index is -0.151. The van der Waals surface area contributed by atoms with Gasteiger partial charge < -0.3 is 13.9 Å². The minimum Gasteiger partial charge on any atom is -0.495 e. The Balaban J connectivity index is 2.54. The molecule has 0 unspecified atom stereocenters. The van der Waals surface area contributed by atoms with Gasteiger partial charge in [0, 0.05) is 18.5 Å². The van der Waals surface area contributed by atoms with Gasteiger partial charge in [-0.1, -0.05) is 0 Å². The van der Waals surface area contributed by atoms with E-state index in [9.17, 15) is 4.79 Å². The monoisotopic (exact) mass is 271 g/mol. The summed E-state index contributed by atoms with van der Waals surface area (Å²) in [5, 5.41) is 1.52. The number of methoxy groups -OCH3 is 2. The van der Waals surface area contributed by atoms with Gasteiger partial charge in [0.05, 0.1) is 19.6 Å². The molecule has 3 aromatic rings. The number of benzene rings is 1. The van der Waals surface area contributed by atoms with Crippen molar-refractivity contribution in [2.75, 3.05) is 14.2 Å². The standard InChI is InChI=1S/C15H13NO4/c1-8(17)11-7-10-13(18-2)9-5-4-6-16-12(9)15(19-3)14(10)20-11/h4-7H,1-3H3. The molecule has 0 amide bonds. The summed E-state index contributed by atoms with van der Waals surface area (Å²) < 4.78 is 16.5. The van der Waals surface area contributed by atoms with Gasteiger partial charge in [0.1, 0.15) is 11.3 Å². The topological polar surface area (TPSA) is 61.6 Å². The van der Waals surface area contributed by atoms with Crippen molar-refractivity contribution in [2.45, 2.75) is 6.92 Å². The van der Waals surface area contributed by atoms with Crippen LogP contribution in [0, 0.1) is 0 Å². The van der Waals surface area contributed by atoms with Gasteiger partial charge in [-0.05, 0) is 18.2 Å². The first-order valence-corrected chi connectivity index (χ1v) is 6.10. The van der Waals surface area contributed by atoms with Crippen molar-refractivity contribution in [1.29, 1.82) is 0 Å². The first-order valence-electron chi connectivity index (χ1n) is 6.10. The molecule has 0 aliphatic heterocycles. The second-order valence-electron chi connectivity index (χ2n) is 4.38. The molecule has 0 aliphatic carbocycles. The van der Waals surface area contributed by atoms with E-state index in [0.717, 1.165) is 5.39 Å². The third kappa shape index (κ3) is 1.63. The molecule has 0 aliphatic rings. The predicted molar refractivity (Wildman–Crippen MR) is 74.6 cm³/mol. The number of rotatable bonds is 3. The van der Waals surface area contributed by atoms with Crippen LogP contribution in [-0.4, -0.2) is 25.0 Å². The second-order valence-corrected chi connectivity index (χ2v) is 4.38. The Hall–Kier alpha value is -2.56. The van der Waals surface area contributed by atoms with Crippen LogP contribution in [-0.2, 0) is 0 Å². The first-order chi connectivity index (χ1) is 9.67. The van der Waals surface area contributed by atoms with E-state index in [1.807, 2.05) is 12.1 Å². The number of hydrogen-bond donors (Lipinski definition) is 0. The Morgan fingerprint density at radius 3 is 2.60 bits per heavy atom. The van der Waals surface area contributed by atoms with Crippen LogP contribution in [0.3, 0.4) is 0 Å². The third-order valence-corrected chi connectivity index (χ3v) is 3.21. The molecule has 0 saturated heterocycles. The highest BCUT2D eigenvalue weighted by molar-refractivity contribution is 6.09. The van der Waals surface area contributed by atoms with Gasteiger partial charge in [-0.2, -0.15) is 0 Å². The summed E-state index contributed by atoms with van der Waals surface area (Å²) in [5.41, 5.74) is 1.12. The van der Waals surface area contributed by atoms with Crippen LogP contribution in [0.4, 0.5) is 0 Å². The molecule has 0 radical (unpaired) electrons. The number of Topliss-reactive ketones (excluding diaryl/α,β-unsaturated/α-hetero) is 1. The molecule has 2 heterocycles. The number of ketones is 1. The third-order valence-electron chi connectivity index (χ3n) is 3.21. The number of aromatic nitrogens is 1. The number of carbonyl (C=O) groups is 1. The Morgan fingerprint density at radius 1 is 1.20 bits per heavy atom. The van der Waals surface area contributed by atoms with E-state index in [1.54, 1.807) is 26.5 Å². The lowest BCUT2D eigenvalue weighted by Gasteiger charge is -2.10. The van der Waals surface area contributed by atoms with Crippen molar-refractivity contribution in [1.82, 2.24) is 4.98 Å². The number of fused-ring (bicyclic) bond motifs is 2. The molecule has 0 bridgehead atoms. The second kappa shape index (κ2) is 4.52. The molecule has 0 spiro atoms. The summed E-state index contributed by atoms with van der Waals surface area (Å²) in [7, 11) is 3.12. The first kappa shape index (κ1) is 12.5. The van der Waals surface area contributed by atoms with Crippen molar-refractivity contribution in [2.24, 2.45) is 0 Å². The number of carbonyl (C=O) groups excluding carboxylic acids is 1. The van der Waals surface area contributed by atoms with E-state index in [1.165, 1.54) is 6.92 Å². The average molecular weight is 271 g/mol. The van der Waals surface area contributed by atoms with E-state index in [4.69, 9.17) is 13.9 Å². The van der Waals surface area contributed by atoms with Gasteiger partial charge in [0.25, 0.3) is 0 Å². The van der Waals surface area contributed by atoms with Crippen LogP contribution >= 0.6 is 0 Å². The Morgan fingerprint density at radius 2 is 1.95 bits per heavy atom. The number of hydrogen-bond acceptors (Lipinski definition) is 5.